The van der Waals surface area contributed by atoms with Gasteiger partial charge in [-0.05, 0) is 61.5 Å². The molecule has 134 valence electrons. The van der Waals surface area contributed by atoms with Gasteiger partial charge in [-0.2, -0.15) is 0 Å². The third kappa shape index (κ3) is 3.95. The third-order valence-corrected chi connectivity index (χ3v) is 7.41. The second kappa shape index (κ2) is 7.53. The summed E-state index contributed by atoms with van der Waals surface area (Å²) in [6.07, 6.45) is 7.80. The van der Waals surface area contributed by atoms with E-state index in [4.69, 9.17) is 0 Å². The molecular formula is C23H30OS. The van der Waals surface area contributed by atoms with E-state index >= 15 is 0 Å². The number of allylic oxidation sites excluding steroid dienone is 3. The Bertz CT molecular complexity index is 675. The molecule has 0 amide bonds. The summed E-state index contributed by atoms with van der Waals surface area (Å²) in [4.78, 5) is 14.9. The van der Waals surface area contributed by atoms with Crippen molar-refractivity contribution in [3.8, 4) is 0 Å². The highest BCUT2D eigenvalue weighted by Crippen LogP contribution is 2.56. The fourth-order valence-corrected chi connectivity index (χ4v) is 5.88. The second-order valence-corrected chi connectivity index (χ2v) is 9.39. The maximum absolute atomic E-state index is 12.7. The maximum atomic E-state index is 12.7. The Hall–Kier alpha value is -1.28. The van der Waals surface area contributed by atoms with Crippen LogP contribution in [0.4, 0.5) is 0 Å². The minimum absolute atomic E-state index is 0.137. The van der Waals surface area contributed by atoms with E-state index in [1.165, 1.54) is 24.8 Å². The predicted molar refractivity (Wildman–Crippen MR) is 108 cm³/mol. The van der Waals surface area contributed by atoms with Gasteiger partial charge in [0.1, 0.15) is 0 Å². The van der Waals surface area contributed by atoms with E-state index in [0.29, 0.717) is 23.5 Å². The number of Topliss-reactive ketones (excluding diaryl/α,β-unsaturated/α-hetero) is 1. The molecule has 2 aliphatic carbocycles. The highest BCUT2D eigenvalue weighted by molar-refractivity contribution is 8.04. The Labute approximate surface area is 157 Å². The first-order valence-electron chi connectivity index (χ1n) is 9.53. The van der Waals surface area contributed by atoms with E-state index in [9.17, 15) is 4.79 Å². The third-order valence-electron chi connectivity index (χ3n) is 6.34. The van der Waals surface area contributed by atoms with Crippen LogP contribution in [0.1, 0.15) is 52.9 Å². The van der Waals surface area contributed by atoms with E-state index in [-0.39, 0.29) is 5.41 Å². The van der Waals surface area contributed by atoms with Crippen LogP contribution >= 0.6 is 11.8 Å². The van der Waals surface area contributed by atoms with Crippen molar-refractivity contribution < 1.29 is 4.79 Å². The molecule has 1 aromatic rings. The van der Waals surface area contributed by atoms with Crippen molar-refractivity contribution in [2.24, 2.45) is 23.2 Å². The molecule has 1 saturated carbocycles. The summed E-state index contributed by atoms with van der Waals surface area (Å²) in [5.41, 5.74) is 1.41. The molecule has 1 fully saturated rings. The molecule has 0 heterocycles. The van der Waals surface area contributed by atoms with Crippen LogP contribution in [0.5, 0.6) is 0 Å². The molecule has 0 bridgehead atoms. The fourth-order valence-electron chi connectivity index (χ4n) is 4.83. The molecule has 0 N–H and O–H groups in total. The lowest BCUT2D eigenvalue weighted by Gasteiger charge is -2.51. The monoisotopic (exact) mass is 354 g/mol. The van der Waals surface area contributed by atoms with E-state index in [1.807, 2.05) is 18.2 Å². The topological polar surface area (TPSA) is 17.1 Å². The van der Waals surface area contributed by atoms with Crippen molar-refractivity contribution in [2.45, 2.75) is 57.8 Å². The summed E-state index contributed by atoms with van der Waals surface area (Å²) in [5, 5.41) is 0. The zero-order valence-corrected chi connectivity index (χ0v) is 16.6. The fraction of sp³-hybridized carbons (Fsp3) is 0.522. The van der Waals surface area contributed by atoms with Crippen molar-refractivity contribution in [3.63, 3.8) is 0 Å². The van der Waals surface area contributed by atoms with Crippen molar-refractivity contribution in [1.82, 2.24) is 0 Å². The Morgan fingerprint density at radius 1 is 1.28 bits per heavy atom. The largest absolute Gasteiger partial charge is 0.294 e. The van der Waals surface area contributed by atoms with Gasteiger partial charge in [0.15, 0.2) is 5.78 Å². The number of benzene rings is 1. The van der Waals surface area contributed by atoms with Gasteiger partial charge in [-0.15, -0.1) is 6.58 Å². The molecule has 0 spiro atoms. The standard InChI is InChI=1S/C23H30OS/c1-16(2)10-13-20-17(3)11-12-18-14-21(24)22(15-23(18,20)4)25-19-8-6-5-7-9-19/h5-9,15,17-18,20H,1,10-14H2,2-4H3/t17-,18+,20+,23+/m0/s1. The zero-order chi connectivity index (χ0) is 18.0. The van der Waals surface area contributed by atoms with Crippen molar-refractivity contribution >= 4 is 17.5 Å². The van der Waals surface area contributed by atoms with Crippen LogP contribution in [0.3, 0.4) is 0 Å². The lowest BCUT2D eigenvalue weighted by Crippen LogP contribution is -2.45. The van der Waals surface area contributed by atoms with Gasteiger partial charge in [-0.3, -0.25) is 4.79 Å². The van der Waals surface area contributed by atoms with E-state index < -0.39 is 0 Å². The Morgan fingerprint density at radius 2 is 2.00 bits per heavy atom. The first-order chi connectivity index (χ1) is 11.9. The summed E-state index contributed by atoms with van der Waals surface area (Å²) in [5.74, 6) is 2.20. The molecule has 0 radical (unpaired) electrons. The van der Waals surface area contributed by atoms with Gasteiger partial charge in [-0.1, -0.05) is 61.9 Å². The first kappa shape index (κ1) is 18.5. The van der Waals surface area contributed by atoms with Gasteiger partial charge in [0.25, 0.3) is 0 Å². The quantitative estimate of drug-likeness (QED) is 0.550. The Morgan fingerprint density at radius 3 is 2.68 bits per heavy atom. The van der Waals surface area contributed by atoms with Crippen LogP contribution in [0.2, 0.25) is 0 Å². The smallest absolute Gasteiger partial charge is 0.169 e. The summed E-state index contributed by atoms with van der Waals surface area (Å²) >= 11 is 1.65. The highest BCUT2D eigenvalue weighted by Gasteiger charge is 2.48. The lowest BCUT2D eigenvalue weighted by molar-refractivity contribution is -0.119. The summed E-state index contributed by atoms with van der Waals surface area (Å²) < 4.78 is 0. The van der Waals surface area contributed by atoms with Crippen LogP contribution in [0.15, 0.2) is 58.4 Å². The van der Waals surface area contributed by atoms with Crippen molar-refractivity contribution in [2.75, 3.05) is 0 Å². The lowest BCUT2D eigenvalue weighted by atomic mass is 9.54. The molecule has 3 rings (SSSR count). The Balaban J connectivity index is 1.90. The van der Waals surface area contributed by atoms with Crippen molar-refractivity contribution in [1.29, 1.82) is 0 Å². The van der Waals surface area contributed by atoms with E-state index in [0.717, 1.165) is 22.6 Å². The second-order valence-electron chi connectivity index (χ2n) is 8.27. The van der Waals surface area contributed by atoms with Crippen LogP contribution in [-0.2, 0) is 4.79 Å². The molecule has 25 heavy (non-hydrogen) atoms. The summed E-state index contributed by atoms with van der Waals surface area (Å²) in [6, 6.07) is 10.3. The summed E-state index contributed by atoms with van der Waals surface area (Å²) in [6.45, 7) is 11.0. The van der Waals surface area contributed by atoms with Crippen molar-refractivity contribution in [3.05, 3.63) is 53.5 Å². The Kier molecular flexibility index (Phi) is 5.58. The van der Waals surface area contributed by atoms with Crippen LogP contribution in [-0.4, -0.2) is 5.78 Å². The first-order valence-corrected chi connectivity index (χ1v) is 10.3. The molecular weight excluding hydrogens is 324 g/mol. The number of hydrogen-bond acceptors (Lipinski definition) is 2. The minimum Gasteiger partial charge on any atom is -0.294 e. The zero-order valence-electron chi connectivity index (χ0n) is 15.8. The van der Waals surface area contributed by atoms with Gasteiger partial charge in [0, 0.05) is 11.3 Å². The number of hydrogen-bond donors (Lipinski definition) is 0. The predicted octanol–water partition coefficient (Wildman–Crippen LogP) is 6.66. The molecule has 2 aliphatic rings. The number of ketones is 1. The van der Waals surface area contributed by atoms with Crippen LogP contribution in [0, 0.1) is 23.2 Å². The minimum atomic E-state index is 0.137. The number of carbonyl (C=O) groups excluding carboxylic acids is 1. The van der Waals surface area contributed by atoms with Gasteiger partial charge < -0.3 is 0 Å². The normalized spacial score (nSPS) is 32.0. The molecule has 0 aromatic heterocycles. The average molecular weight is 355 g/mol. The highest BCUT2D eigenvalue weighted by atomic mass is 32.2. The molecule has 0 unspecified atom stereocenters. The van der Waals surface area contributed by atoms with Crippen LogP contribution < -0.4 is 0 Å². The molecule has 1 aromatic carbocycles. The SMILES string of the molecule is C=C(C)CC[C@@H]1[C@@H](C)CC[C@@H]2CC(=O)C(Sc3ccccc3)=C[C@]21C. The molecule has 2 heteroatoms. The molecule has 0 aliphatic heterocycles. The average Bonchev–Trinajstić information content (AvgIpc) is 2.56. The van der Waals surface area contributed by atoms with Gasteiger partial charge >= 0.3 is 0 Å². The van der Waals surface area contributed by atoms with Gasteiger partial charge in [-0.25, -0.2) is 0 Å². The molecule has 4 atom stereocenters. The number of thioether (sulfide) groups is 1. The number of carbonyl (C=O) groups is 1. The summed E-state index contributed by atoms with van der Waals surface area (Å²) in [7, 11) is 0. The van der Waals surface area contributed by atoms with Crippen LogP contribution in [0.25, 0.3) is 0 Å². The van der Waals surface area contributed by atoms with E-state index in [1.54, 1.807) is 11.8 Å². The number of rotatable bonds is 5. The van der Waals surface area contributed by atoms with E-state index in [2.05, 4.69) is 45.6 Å². The molecule has 0 saturated heterocycles. The molecule has 1 nitrogen and oxygen atoms in total. The van der Waals surface area contributed by atoms with Gasteiger partial charge in [0.05, 0.1) is 4.91 Å². The number of fused-ring (bicyclic) bond motifs is 1. The maximum Gasteiger partial charge on any atom is 0.169 e. The van der Waals surface area contributed by atoms with Gasteiger partial charge in [0.2, 0.25) is 0 Å².